The van der Waals surface area contributed by atoms with Crippen molar-refractivity contribution in [1.82, 2.24) is 5.32 Å². The Morgan fingerprint density at radius 1 is 0.815 bits per heavy atom. The van der Waals surface area contributed by atoms with Crippen molar-refractivity contribution < 1.29 is 0 Å². The van der Waals surface area contributed by atoms with E-state index in [4.69, 9.17) is 0 Å². The predicted molar refractivity (Wildman–Crippen MR) is 113 cm³/mol. The summed E-state index contributed by atoms with van der Waals surface area (Å²) in [6, 6.07) is 22.8. The molecule has 27 heavy (non-hydrogen) atoms. The van der Waals surface area contributed by atoms with Crippen molar-refractivity contribution in [2.45, 2.75) is 32.9 Å². The van der Waals surface area contributed by atoms with Crippen LogP contribution in [0.1, 0.15) is 27.8 Å². The third kappa shape index (κ3) is 3.15. The smallest absolute Gasteiger partial charge is 0.0432 e. The van der Waals surface area contributed by atoms with Gasteiger partial charge in [-0.05, 0) is 77.4 Å². The lowest BCUT2D eigenvalue weighted by Gasteiger charge is -2.31. The summed E-state index contributed by atoms with van der Waals surface area (Å²) in [7, 11) is 0. The van der Waals surface area contributed by atoms with Gasteiger partial charge in [0.25, 0.3) is 0 Å². The molecule has 0 radical (unpaired) electrons. The zero-order valence-electron chi connectivity index (χ0n) is 16.0. The molecule has 5 rings (SSSR count). The largest absolute Gasteiger partial charge is 0.367 e. The van der Waals surface area contributed by atoms with E-state index >= 15 is 0 Å². The van der Waals surface area contributed by atoms with E-state index in [1.165, 1.54) is 44.6 Å². The van der Waals surface area contributed by atoms with E-state index in [1.807, 2.05) is 0 Å². The second-order valence-corrected chi connectivity index (χ2v) is 7.85. The third-order valence-electron chi connectivity index (χ3n) is 6.11. The van der Waals surface area contributed by atoms with Crippen LogP contribution in [0.15, 0.2) is 60.7 Å². The Bertz CT molecular complexity index is 989. The van der Waals surface area contributed by atoms with Crippen LogP contribution in [0.4, 0.5) is 5.69 Å². The molecule has 136 valence electrons. The average Bonchev–Trinajstić information content (AvgIpc) is 2.73. The summed E-state index contributed by atoms with van der Waals surface area (Å²) < 4.78 is 0. The van der Waals surface area contributed by atoms with Crippen LogP contribution in [0.2, 0.25) is 0 Å². The lowest BCUT2D eigenvalue weighted by Crippen LogP contribution is -2.30. The maximum atomic E-state index is 3.46. The van der Waals surface area contributed by atoms with Gasteiger partial charge in [-0.15, -0.1) is 0 Å². The zero-order chi connectivity index (χ0) is 18.2. The maximum absolute atomic E-state index is 3.46. The van der Waals surface area contributed by atoms with Crippen molar-refractivity contribution in [3.8, 4) is 11.1 Å². The lowest BCUT2D eigenvalue weighted by atomic mass is 9.93. The van der Waals surface area contributed by atoms with E-state index < -0.39 is 0 Å². The van der Waals surface area contributed by atoms with Gasteiger partial charge in [-0.25, -0.2) is 0 Å². The lowest BCUT2D eigenvalue weighted by molar-refractivity contribution is 0.644. The van der Waals surface area contributed by atoms with Crippen LogP contribution in [0.3, 0.4) is 0 Å². The molecular weight excluding hydrogens is 328 g/mol. The third-order valence-corrected chi connectivity index (χ3v) is 6.11. The summed E-state index contributed by atoms with van der Waals surface area (Å²) in [4.78, 5) is 2.51. The minimum absolute atomic E-state index is 1.00. The number of rotatable bonds is 2. The highest BCUT2D eigenvalue weighted by molar-refractivity contribution is 5.71. The molecular formula is C25H26N2. The van der Waals surface area contributed by atoms with Crippen molar-refractivity contribution in [2.75, 3.05) is 18.0 Å². The number of hydrogen-bond donors (Lipinski definition) is 1. The van der Waals surface area contributed by atoms with Gasteiger partial charge in [-0.1, -0.05) is 48.5 Å². The molecule has 0 bridgehead atoms. The Balaban J connectivity index is 1.43. The van der Waals surface area contributed by atoms with Crippen LogP contribution in [0, 0.1) is 6.92 Å². The topological polar surface area (TPSA) is 15.3 Å². The molecule has 2 aliphatic rings. The Labute approximate surface area is 161 Å². The number of aryl methyl sites for hydroxylation is 1. The molecule has 0 fully saturated rings. The number of nitrogens with one attached hydrogen (secondary N) is 1. The van der Waals surface area contributed by atoms with Gasteiger partial charge in [0.15, 0.2) is 0 Å². The quantitative estimate of drug-likeness (QED) is 0.706. The zero-order valence-corrected chi connectivity index (χ0v) is 16.0. The minimum atomic E-state index is 1.00. The molecule has 0 unspecified atom stereocenters. The molecule has 0 atom stereocenters. The number of hydrogen-bond acceptors (Lipinski definition) is 2. The van der Waals surface area contributed by atoms with Crippen molar-refractivity contribution in [2.24, 2.45) is 0 Å². The Hall–Kier alpha value is -2.58. The maximum Gasteiger partial charge on any atom is 0.0432 e. The van der Waals surface area contributed by atoms with Crippen molar-refractivity contribution in [3.05, 3.63) is 88.5 Å². The first-order valence-electron chi connectivity index (χ1n) is 10.0. The minimum Gasteiger partial charge on any atom is -0.367 e. The van der Waals surface area contributed by atoms with Crippen LogP contribution < -0.4 is 10.2 Å². The van der Waals surface area contributed by atoms with E-state index in [2.05, 4.69) is 77.8 Å². The molecule has 0 spiro atoms. The van der Waals surface area contributed by atoms with Crippen molar-refractivity contribution in [3.63, 3.8) is 0 Å². The molecule has 2 aliphatic heterocycles. The molecule has 0 aromatic heterocycles. The predicted octanol–water partition coefficient (Wildman–Crippen LogP) is 4.87. The summed E-state index contributed by atoms with van der Waals surface area (Å²) in [5, 5.41) is 3.46. The molecule has 2 nitrogen and oxygen atoms in total. The van der Waals surface area contributed by atoms with Crippen molar-refractivity contribution >= 4 is 5.69 Å². The summed E-state index contributed by atoms with van der Waals surface area (Å²) in [6.07, 6.45) is 2.27. The van der Waals surface area contributed by atoms with E-state index in [0.717, 1.165) is 39.0 Å². The molecule has 0 aliphatic carbocycles. The highest BCUT2D eigenvalue weighted by Gasteiger charge is 2.17. The fraction of sp³-hybridized carbons (Fsp3) is 0.280. The molecule has 2 heterocycles. The van der Waals surface area contributed by atoms with Crippen LogP contribution >= 0.6 is 0 Å². The fourth-order valence-electron chi connectivity index (χ4n) is 4.53. The van der Waals surface area contributed by atoms with Gasteiger partial charge in [0.05, 0.1) is 0 Å². The summed E-state index contributed by atoms with van der Waals surface area (Å²) in [5.41, 5.74) is 11.3. The van der Waals surface area contributed by atoms with Crippen LogP contribution in [0.5, 0.6) is 0 Å². The highest BCUT2D eigenvalue weighted by Crippen LogP contribution is 2.31. The molecule has 3 aromatic rings. The number of anilines is 1. The second-order valence-electron chi connectivity index (χ2n) is 7.85. The highest BCUT2D eigenvalue weighted by atomic mass is 15.1. The normalized spacial score (nSPS) is 16.0. The Morgan fingerprint density at radius 2 is 1.70 bits per heavy atom. The van der Waals surface area contributed by atoms with Gasteiger partial charge < -0.3 is 10.2 Å². The molecule has 2 heteroatoms. The number of fused-ring (bicyclic) bond motifs is 2. The van der Waals surface area contributed by atoms with Gasteiger partial charge in [-0.2, -0.15) is 0 Å². The van der Waals surface area contributed by atoms with Gasteiger partial charge in [-0.3, -0.25) is 0 Å². The van der Waals surface area contributed by atoms with Crippen LogP contribution in [-0.2, 0) is 25.9 Å². The SMILES string of the molecule is Cc1cc(N2CCc3ccccc3C2)ccc1-c1ccc2c(c1)CCNC2. The standard InChI is InChI=1S/C25H26N2/c1-18-14-24(27-13-11-19-4-2-3-5-23(19)17-27)8-9-25(18)21-6-7-22-16-26-12-10-20(22)15-21/h2-9,14-15,26H,10-13,16-17H2,1H3. The number of nitrogens with zero attached hydrogens (tertiary/aromatic N) is 1. The molecule has 1 N–H and O–H groups in total. The molecule has 0 saturated carbocycles. The number of benzene rings is 3. The summed E-state index contributed by atoms with van der Waals surface area (Å²) in [6.45, 7) is 6.45. The van der Waals surface area contributed by atoms with Crippen LogP contribution in [0.25, 0.3) is 11.1 Å². The molecule has 3 aromatic carbocycles. The monoisotopic (exact) mass is 354 g/mol. The van der Waals surface area contributed by atoms with Gasteiger partial charge in [0.1, 0.15) is 0 Å². The second kappa shape index (κ2) is 6.86. The van der Waals surface area contributed by atoms with Crippen LogP contribution in [-0.4, -0.2) is 13.1 Å². The van der Waals surface area contributed by atoms with E-state index in [9.17, 15) is 0 Å². The van der Waals surface area contributed by atoms with Gasteiger partial charge >= 0.3 is 0 Å². The average molecular weight is 354 g/mol. The van der Waals surface area contributed by atoms with E-state index in [-0.39, 0.29) is 0 Å². The first-order valence-corrected chi connectivity index (χ1v) is 10.0. The Morgan fingerprint density at radius 3 is 2.59 bits per heavy atom. The summed E-state index contributed by atoms with van der Waals surface area (Å²) in [5.74, 6) is 0. The van der Waals surface area contributed by atoms with Gasteiger partial charge in [0.2, 0.25) is 0 Å². The van der Waals surface area contributed by atoms with Gasteiger partial charge in [0, 0.05) is 25.3 Å². The van der Waals surface area contributed by atoms with E-state index in [1.54, 1.807) is 0 Å². The van der Waals surface area contributed by atoms with Crippen molar-refractivity contribution in [1.29, 1.82) is 0 Å². The summed E-state index contributed by atoms with van der Waals surface area (Å²) >= 11 is 0. The Kier molecular flexibility index (Phi) is 4.21. The first kappa shape index (κ1) is 16.6. The first-order chi connectivity index (χ1) is 13.3. The molecule has 0 saturated heterocycles. The van der Waals surface area contributed by atoms with E-state index in [0.29, 0.717) is 0 Å². The molecule has 0 amide bonds. The fourth-order valence-corrected chi connectivity index (χ4v) is 4.53.